The van der Waals surface area contributed by atoms with E-state index in [1.165, 1.54) is 6.42 Å². The van der Waals surface area contributed by atoms with Gasteiger partial charge in [-0.15, -0.1) is 0 Å². The Morgan fingerprint density at radius 3 is 2.71 bits per heavy atom. The Balaban J connectivity index is 1.26. The minimum Gasteiger partial charge on any atom is -0.339 e. The SMILES string of the molecule is Cc1ccc(N2C[C@@H](C(=O)Nc3cccc(-c4noc(C5CCC5)n4)c3)CC2=O)cc1. The third kappa shape index (κ3) is 3.95. The van der Waals surface area contributed by atoms with Crippen LogP contribution in [-0.4, -0.2) is 28.5 Å². The van der Waals surface area contributed by atoms with Crippen molar-refractivity contribution < 1.29 is 14.1 Å². The van der Waals surface area contributed by atoms with Crippen molar-refractivity contribution in [2.45, 2.75) is 38.5 Å². The highest BCUT2D eigenvalue weighted by Crippen LogP contribution is 2.36. The van der Waals surface area contributed by atoms with E-state index in [0.29, 0.717) is 29.9 Å². The van der Waals surface area contributed by atoms with Crippen molar-refractivity contribution in [1.29, 1.82) is 0 Å². The highest BCUT2D eigenvalue weighted by Gasteiger charge is 2.35. The van der Waals surface area contributed by atoms with Gasteiger partial charge in [-0.25, -0.2) is 0 Å². The smallest absolute Gasteiger partial charge is 0.230 e. The molecule has 1 N–H and O–H groups in total. The molecule has 0 bridgehead atoms. The first-order valence-electron chi connectivity index (χ1n) is 10.7. The molecule has 0 unspecified atom stereocenters. The Morgan fingerprint density at radius 1 is 1.16 bits per heavy atom. The van der Waals surface area contributed by atoms with E-state index in [2.05, 4.69) is 15.5 Å². The van der Waals surface area contributed by atoms with Crippen LogP contribution < -0.4 is 10.2 Å². The number of hydrogen-bond acceptors (Lipinski definition) is 5. The van der Waals surface area contributed by atoms with Gasteiger partial charge in [0.2, 0.25) is 23.5 Å². The lowest BCUT2D eigenvalue weighted by Gasteiger charge is -2.20. The van der Waals surface area contributed by atoms with Crippen LogP contribution in [0.3, 0.4) is 0 Å². The van der Waals surface area contributed by atoms with Crippen LogP contribution in [0.4, 0.5) is 11.4 Å². The monoisotopic (exact) mass is 416 g/mol. The molecule has 7 heteroatoms. The van der Waals surface area contributed by atoms with E-state index >= 15 is 0 Å². The van der Waals surface area contributed by atoms with Gasteiger partial charge >= 0.3 is 0 Å². The van der Waals surface area contributed by atoms with Crippen LogP contribution in [0.25, 0.3) is 11.4 Å². The van der Waals surface area contributed by atoms with Gasteiger partial charge in [0.1, 0.15) is 0 Å². The number of rotatable bonds is 5. The average Bonchev–Trinajstić information content (AvgIpc) is 3.35. The molecular weight excluding hydrogens is 392 g/mol. The number of nitrogens with zero attached hydrogens (tertiary/aromatic N) is 3. The maximum absolute atomic E-state index is 12.8. The lowest BCUT2D eigenvalue weighted by Crippen LogP contribution is -2.28. The predicted molar refractivity (Wildman–Crippen MR) is 117 cm³/mol. The minimum atomic E-state index is -0.396. The Hall–Kier alpha value is -3.48. The summed E-state index contributed by atoms with van der Waals surface area (Å²) in [5.41, 5.74) is 3.40. The zero-order valence-electron chi connectivity index (χ0n) is 17.4. The van der Waals surface area contributed by atoms with Crippen LogP contribution in [0.1, 0.15) is 43.1 Å². The van der Waals surface area contributed by atoms with Crippen molar-refractivity contribution >= 4 is 23.2 Å². The van der Waals surface area contributed by atoms with E-state index in [0.717, 1.165) is 29.7 Å². The van der Waals surface area contributed by atoms with Gasteiger partial charge in [-0.2, -0.15) is 4.98 Å². The Kier molecular flexibility index (Phi) is 5.02. The zero-order chi connectivity index (χ0) is 21.4. The van der Waals surface area contributed by atoms with Crippen molar-refractivity contribution in [3.8, 4) is 11.4 Å². The molecule has 1 atom stereocenters. The van der Waals surface area contributed by atoms with Gasteiger partial charge < -0.3 is 14.7 Å². The normalized spacial score (nSPS) is 18.8. The molecule has 31 heavy (non-hydrogen) atoms. The average molecular weight is 416 g/mol. The van der Waals surface area contributed by atoms with Crippen LogP contribution >= 0.6 is 0 Å². The number of amides is 2. The predicted octanol–water partition coefficient (Wildman–Crippen LogP) is 4.30. The molecule has 2 fully saturated rings. The third-order valence-corrected chi connectivity index (χ3v) is 6.13. The molecule has 1 saturated heterocycles. The number of anilines is 2. The molecule has 5 rings (SSSR count). The summed E-state index contributed by atoms with van der Waals surface area (Å²) in [5, 5.41) is 7.04. The molecule has 0 spiro atoms. The molecule has 2 aromatic carbocycles. The highest BCUT2D eigenvalue weighted by atomic mass is 16.5. The Bertz CT molecular complexity index is 1120. The fraction of sp³-hybridized carbons (Fsp3) is 0.333. The molecule has 2 aliphatic rings. The van der Waals surface area contributed by atoms with E-state index in [9.17, 15) is 9.59 Å². The molecule has 3 aromatic rings. The lowest BCUT2D eigenvalue weighted by molar-refractivity contribution is -0.122. The van der Waals surface area contributed by atoms with Crippen LogP contribution in [0.5, 0.6) is 0 Å². The van der Waals surface area contributed by atoms with Crippen LogP contribution in [0.15, 0.2) is 53.1 Å². The molecule has 1 saturated carbocycles. The molecule has 1 aliphatic heterocycles. The van der Waals surface area contributed by atoms with E-state index in [4.69, 9.17) is 4.52 Å². The summed E-state index contributed by atoms with van der Waals surface area (Å²) >= 11 is 0. The fourth-order valence-corrected chi connectivity index (χ4v) is 4.01. The fourth-order valence-electron chi connectivity index (χ4n) is 4.01. The molecule has 2 heterocycles. The van der Waals surface area contributed by atoms with Crippen LogP contribution in [-0.2, 0) is 9.59 Å². The standard InChI is InChI=1S/C24H24N4O3/c1-15-8-10-20(11-9-15)28-14-18(13-21(28)29)23(30)25-19-7-3-6-17(12-19)22-26-24(31-27-22)16-4-2-5-16/h3,6-12,16,18H,2,4-5,13-14H2,1H3,(H,25,30)/t18-/m0/s1. The lowest BCUT2D eigenvalue weighted by atomic mass is 9.85. The third-order valence-electron chi connectivity index (χ3n) is 6.13. The summed E-state index contributed by atoms with van der Waals surface area (Å²) in [6.07, 6.45) is 3.60. The van der Waals surface area contributed by atoms with Crippen molar-refractivity contribution in [2.75, 3.05) is 16.8 Å². The summed E-state index contributed by atoms with van der Waals surface area (Å²) in [7, 11) is 0. The molecule has 1 aliphatic carbocycles. The van der Waals surface area contributed by atoms with Crippen molar-refractivity contribution in [3.05, 3.63) is 60.0 Å². The number of aryl methyl sites for hydroxylation is 1. The topological polar surface area (TPSA) is 88.3 Å². The van der Waals surface area contributed by atoms with E-state index in [-0.39, 0.29) is 18.2 Å². The molecule has 0 radical (unpaired) electrons. The van der Waals surface area contributed by atoms with Gasteiger partial charge in [-0.05, 0) is 44.0 Å². The molecule has 2 amide bonds. The Morgan fingerprint density at radius 2 is 1.97 bits per heavy atom. The quantitative estimate of drug-likeness (QED) is 0.670. The largest absolute Gasteiger partial charge is 0.339 e. The van der Waals surface area contributed by atoms with Crippen molar-refractivity contribution in [1.82, 2.24) is 10.1 Å². The van der Waals surface area contributed by atoms with Gasteiger partial charge in [0.05, 0.1) is 5.92 Å². The van der Waals surface area contributed by atoms with Crippen LogP contribution in [0, 0.1) is 12.8 Å². The number of aromatic nitrogens is 2. The first kappa shape index (κ1) is 19.5. The summed E-state index contributed by atoms with van der Waals surface area (Å²) in [6.45, 7) is 2.38. The Labute approximate surface area is 180 Å². The van der Waals surface area contributed by atoms with E-state index in [1.807, 2.05) is 55.5 Å². The van der Waals surface area contributed by atoms with Gasteiger partial charge in [-0.1, -0.05) is 41.4 Å². The first-order chi connectivity index (χ1) is 15.1. The van der Waals surface area contributed by atoms with E-state index in [1.54, 1.807) is 4.90 Å². The van der Waals surface area contributed by atoms with Gasteiger partial charge in [-0.3, -0.25) is 9.59 Å². The van der Waals surface area contributed by atoms with Crippen LogP contribution in [0.2, 0.25) is 0 Å². The second-order valence-corrected chi connectivity index (χ2v) is 8.40. The van der Waals surface area contributed by atoms with Gasteiger partial charge in [0.25, 0.3) is 0 Å². The van der Waals surface area contributed by atoms with Gasteiger partial charge in [0, 0.05) is 35.8 Å². The number of benzene rings is 2. The van der Waals surface area contributed by atoms with Crippen molar-refractivity contribution in [2.24, 2.45) is 5.92 Å². The second kappa shape index (κ2) is 7.98. The first-order valence-corrected chi connectivity index (χ1v) is 10.7. The summed E-state index contributed by atoms with van der Waals surface area (Å²) in [6, 6.07) is 15.2. The molecular formula is C24H24N4O3. The minimum absolute atomic E-state index is 0.0342. The number of carbonyl (C=O) groups excluding carboxylic acids is 2. The molecule has 158 valence electrons. The highest BCUT2D eigenvalue weighted by molar-refractivity contribution is 6.03. The molecule has 1 aromatic heterocycles. The van der Waals surface area contributed by atoms with Gasteiger partial charge in [0.15, 0.2) is 0 Å². The summed E-state index contributed by atoms with van der Waals surface area (Å²) < 4.78 is 5.41. The summed E-state index contributed by atoms with van der Waals surface area (Å²) in [5.74, 6) is 1.00. The maximum Gasteiger partial charge on any atom is 0.230 e. The number of hydrogen-bond donors (Lipinski definition) is 1. The van der Waals surface area contributed by atoms with Crippen molar-refractivity contribution in [3.63, 3.8) is 0 Å². The number of carbonyl (C=O) groups is 2. The number of nitrogens with one attached hydrogen (secondary N) is 1. The second-order valence-electron chi connectivity index (χ2n) is 8.40. The summed E-state index contributed by atoms with van der Waals surface area (Å²) in [4.78, 5) is 31.5. The van der Waals surface area contributed by atoms with E-state index < -0.39 is 5.92 Å². The maximum atomic E-state index is 12.8. The molecule has 7 nitrogen and oxygen atoms in total. The zero-order valence-corrected chi connectivity index (χ0v) is 17.4.